The van der Waals surface area contributed by atoms with E-state index in [4.69, 9.17) is 0 Å². The van der Waals surface area contributed by atoms with Crippen molar-refractivity contribution in [2.75, 3.05) is 10.7 Å². The van der Waals surface area contributed by atoms with E-state index in [1.54, 1.807) is 0 Å². The highest BCUT2D eigenvalue weighted by Gasteiger charge is 2.29. The summed E-state index contributed by atoms with van der Waals surface area (Å²) in [5, 5.41) is 2.11. The van der Waals surface area contributed by atoms with E-state index in [1.807, 2.05) is 0 Å². The summed E-state index contributed by atoms with van der Waals surface area (Å²) in [7, 11) is 0. The van der Waals surface area contributed by atoms with E-state index in [9.17, 15) is 0 Å². The SMILES string of the molecule is Cc1cccc(CC(CBr)(CBr)CC(C)C)c1. The molecule has 1 rings (SSSR count). The Morgan fingerprint density at radius 3 is 2.29 bits per heavy atom. The third-order valence-corrected chi connectivity index (χ3v) is 5.45. The summed E-state index contributed by atoms with van der Waals surface area (Å²) >= 11 is 7.42. The van der Waals surface area contributed by atoms with Crippen molar-refractivity contribution in [1.29, 1.82) is 0 Å². The topological polar surface area (TPSA) is 0 Å². The molecular weight excluding hydrogens is 340 g/mol. The first-order valence-electron chi connectivity index (χ1n) is 6.19. The predicted octanol–water partition coefficient (Wildman–Crippen LogP) is 5.36. The molecule has 0 saturated heterocycles. The van der Waals surface area contributed by atoms with Gasteiger partial charge in [-0.25, -0.2) is 0 Å². The molecule has 0 aliphatic rings. The lowest BCUT2D eigenvalue weighted by atomic mass is 9.78. The summed E-state index contributed by atoms with van der Waals surface area (Å²) in [6.45, 7) is 6.77. The fraction of sp³-hybridized carbons (Fsp3) is 0.600. The van der Waals surface area contributed by atoms with Crippen LogP contribution in [0.4, 0.5) is 0 Å². The maximum absolute atomic E-state index is 3.71. The van der Waals surface area contributed by atoms with Crippen molar-refractivity contribution in [2.45, 2.75) is 33.6 Å². The van der Waals surface area contributed by atoms with Crippen LogP contribution in [-0.2, 0) is 6.42 Å². The van der Waals surface area contributed by atoms with Crippen LogP contribution in [0.25, 0.3) is 0 Å². The van der Waals surface area contributed by atoms with Gasteiger partial charge in [0.1, 0.15) is 0 Å². The minimum absolute atomic E-state index is 0.335. The van der Waals surface area contributed by atoms with Crippen LogP contribution in [0.3, 0.4) is 0 Å². The highest BCUT2D eigenvalue weighted by Crippen LogP contribution is 2.35. The van der Waals surface area contributed by atoms with Crippen LogP contribution in [0.1, 0.15) is 31.4 Å². The van der Waals surface area contributed by atoms with E-state index in [-0.39, 0.29) is 0 Å². The third-order valence-electron chi connectivity index (χ3n) is 3.07. The maximum atomic E-state index is 3.71. The molecule has 96 valence electrons. The number of hydrogen-bond donors (Lipinski definition) is 0. The molecule has 0 amide bonds. The van der Waals surface area contributed by atoms with E-state index in [0.717, 1.165) is 23.0 Å². The molecule has 0 radical (unpaired) electrons. The number of benzene rings is 1. The second-order valence-corrected chi connectivity index (χ2v) is 6.65. The highest BCUT2D eigenvalue weighted by atomic mass is 79.9. The van der Waals surface area contributed by atoms with Gasteiger partial charge < -0.3 is 0 Å². The molecule has 0 saturated carbocycles. The smallest absolute Gasteiger partial charge is 0.00992 e. The molecule has 0 spiro atoms. The molecule has 0 heterocycles. The Morgan fingerprint density at radius 2 is 1.82 bits per heavy atom. The van der Waals surface area contributed by atoms with Gasteiger partial charge >= 0.3 is 0 Å². The molecule has 0 nitrogen and oxygen atoms in total. The molecule has 17 heavy (non-hydrogen) atoms. The molecule has 0 aliphatic carbocycles. The van der Waals surface area contributed by atoms with Gasteiger partial charge in [0, 0.05) is 10.7 Å². The Bertz CT molecular complexity index is 341. The molecule has 1 aromatic carbocycles. The molecule has 0 N–H and O–H groups in total. The number of aryl methyl sites for hydroxylation is 1. The second kappa shape index (κ2) is 6.94. The molecule has 0 bridgehead atoms. The summed E-state index contributed by atoms with van der Waals surface area (Å²) in [5.41, 5.74) is 3.14. The quantitative estimate of drug-likeness (QED) is 0.598. The van der Waals surface area contributed by atoms with Gasteiger partial charge in [0.15, 0.2) is 0 Å². The average Bonchev–Trinajstić information content (AvgIpc) is 2.27. The van der Waals surface area contributed by atoms with E-state index in [2.05, 4.69) is 76.9 Å². The zero-order chi connectivity index (χ0) is 12.9. The lowest BCUT2D eigenvalue weighted by Gasteiger charge is -2.32. The van der Waals surface area contributed by atoms with Crippen molar-refractivity contribution >= 4 is 31.9 Å². The fourth-order valence-corrected chi connectivity index (χ4v) is 4.22. The number of rotatable bonds is 6. The van der Waals surface area contributed by atoms with Crippen LogP contribution in [0.5, 0.6) is 0 Å². The maximum Gasteiger partial charge on any atom is 0.00992 e. The van der Waals surface area contributed by atoms with E-state index in [0.29, 0.717) is 5.41 Å². The van der Waals surface area contributed by atoms with Gasteiger partial charge in [-0.1, -0.05) is 75.5 Å². The summed E-state index contributed by atoms with van der Waals surface area (Å²) in [6.07, 6.45) is 2.39. The van der Waals surface area contributed by atoms with Gasteiger partial charge in [-0.05, 0) is 36.7 Å². The number of alkyl halides is 2. The Balaban J connectivity index is 2.85. The van der Waals surface area contributed by atoms with Gasteiger partial charge in [0.05, 0.1) is 0 Å². The molecule has 0 fully saturated rings. The molecule has 0 unspecified atom stereocenters. The Labute approximate surface area is 122 Å². The first-order chi connectivity index (χ1) is 8.01. The van der Waals surface area contributed by atoms with E-state index >= 15 is 0 Å². The Hall–Kier alpha value is 0.180. The van der Waals surface area contributed by atoms with Gasteiger partial charge in [-0.15, -0.1) is 0 Å². The zero-order valence-corrected chi connectivity index (χ0v) is 14.1. The zero-order valence-electron chi connectivity index (χ0n) is 11.0. The fourth-order valence-electron chi connectivity index (χ4n) is 2.43. The summed E-state index contributed by atoms with van der Waals surface area (Å²) < 4.78 is 0. The third kappa shape index (κ3) is 4.75. The highest BCUT2D eigenvalue weighted by molar-refractivity contribution is 9.09. The van der Waals surface area contributed by atoms with Crippen LogP contribution < -0.4 is 0 Å². The van der Waals surface area contributed by atoms with Gasteiger partial charge in [-0.2, -0.15) is 0 Å². The molecule has 0 aliphatic heterocycles. The normalized spacial score (nSPS) is 12.1. The van der Waals surface area contributed by atoms with Crippen molar-refractivity contribution in [3.05, 3.63) is 35.4 Å². The monoisotopic (exact) mass is 360 g/mol. The Kier molecular flexibility index (Phi) is 6.22. The van der Waals surface area contributed by atoms with Gasteiger partial charge in [-0.3, -0.25) is 0 Å². The lowest BCUT2D eigenvalue weighted by Crippen LogP contribution is -2.29. The van der Waals surface area contributed by atoms with Crippen LogP contribution in [0.15, 0.2) is 24.3 Å². The van der Waals surface area contributed by atoms with Crippen molar-refractivity contribution < 1.29 is 0 Å². The van der Waals surface area contributed by atoms with E-state index in [1.165, 1.54) is 17.5 Å². The first-order valence-corrected chi connectivity index (χ1v) is 8.43. The minimum Gasteiger partial charge on any atom is -0.0922 e. The van der Waals surface area contributed by atoms with Crippen molar-refractivity contribution in [2.24, 2.45) is 11.3 Å². The standard InChI is InChI=1S/C15H22Br2/c1-12(2)8-15(10-16,11-17)9-14-6-4-5-13(3)7-14/h4-7,12H,8-11H2,1-3H3. The van der Waals surface area contributed by atoms with Crippen molar-refractivity contribution in [1.82, 2.24) is 0 Å². The first kappa shape index (κ1) is 15.2. The van der Waals surface area contributed by atoms with Crippen LogP contribution >= 0.6 is 31.9 Å². The molecule has 0 aromatic heterocycles. The largest absolute Gasteiger partial charge is 0.0922 e. The van der Waals surface area contributed by atoms with Crippen LogP contribution in [-0.4, -0.2) is 10.7 Å². The summed E-state index contributed by atoms with van der Waals surface area (Å²) in [5.74, 6) is 0.731. The van der Waals surface area contributed by atoms with E-state index < -0.39 is 0 Å². The summed E-state index contributed by atoms with van der Waals surface area (Å²) in [4.78, 5) is 0. The molecule has 0 atom stereocenters. The molecular formula is C15H22Br2. The number of hydrogen-bond acceptors (Lipinski definition) is 0. The molecule has 2 heteroatoms. The molecule has 1 aromatic rings. The average molecular weight is 362 g/mol. The van der Waals surface area contributed by atoms with Crippen molar-refractivity contribution in [3.63, 3.8) is 0 Å². The lowest BCUT2D eigenvalue weighted by molar-refractivity contribution is 0.304. The minimum atomic E-state index is 0.335. The summed E-state index contributed by atoms with van der Waals surface area (Å²) in [6, 6.07) is 8.87. The van der Waals surface area contributed by atoms with Crippen LogP contribution in [0.2, 0.25) is 0 Å². The van der Waals surface area contributed by atoms with Gasteiger partial charge in [0.25, 0.3) is 0 Å². The Morgan fingerprint density at radius 1 is 1.18 bits per heavy atom. The number of halogens is 2. The predicted molar refractivity (Wildman–Crippen MR) is 84.4 cm³/mol. The van der Waals surface area contributed by atoms with Crippen LogP contribution in [0, 0.1) is 18.3 Å². The van der Waals surface area contributed by atoms with Crippen molar-refractivity contribution in [3.8, 4) is 0 Å². The van der Waals surface area contributed by atoms with Gasteiger partial charge in [0.2, 0.25) is 0 Å². The second-order valence-electron chi connectivity index (χ2n) is 5.53.